The minimum atomic E-state index is -0.376. The van der Waals surface area contributed by atoms with Crippen molar-refractivity contribution in [1.29, 1.82) is 0 Å². The number of halogens is 1. The second-order valence-electron chi connectivity index (χ2n) is 3.84. The van der Waals surface area contributed by atoms with Crippen LogP contribution in [0.3, 0.4) is 0 Å². The van der Waals surface area contributed by atoms with Gasteiger partial charge in [-0.3, -0.25) is 4.79 Å². The van der Waals surface area contributed by atoms with Crippen LogP contribution in [0.15, 0.2) is 24.3 Å². The van der Waals surface area contributed by atoms with Gasteiger partial charge >= 0.3 is 0 Å². The number of benzene rings is 1. The van der Waals surface area contributed by atoms with Crippen LogP contribution in [0.5, 0.6) is 0 Å². The van der Waals surface area contributed by atoms with Crippen LogP contribution in [0.1, 0.15) is 24.5 Å². The van der Waals surface area contributed by atoms with Gasteiger partial charge in [-0.05, 0) is 17.5 Å². The van der Waals surface area contributed by atoms with Gasteiger partial charge in [0.05, 0.1) is 0 Å². The Hall–Kier alpha value is -1.02. The van der Waals surface area contributed by atoms with Gasteiger partial charge in [-0.1, -0.05) is 31.2 Å². The van der Waals surface area contributed by atoms with E-state index in [4.69, 9.17) is 11.6 Å². The molecule has 1 aromatic carbocycles. The van der Waals surface area contributed by atoms with Gasteiger partial charge in [0, 0.05) is 13.1 Å². The van der Waals surface area contributed by atoms with Crippen LogP contribution in [0.4, 0.5) is 0 Å². The molecule has 0 radical (unpaired) electrons. The average molecular weight is 224 g/mol. The molecule has 0 unspecified atom stereocenters. The van der Waals surface area contributed by atoms with Gasteiger partial charge in [-0.2, -0.15) is 0 Å². The van der Waals surface area contributed by atoms with Gasteiger partial charge < -0.3 is 4.90 Å². The Morgan fingerprint density at radius 3 is 2.40 bits per heavy atom. The maximum absolute atomic E-state index is 11.8. The van der Waals surface area contributed by atoms with E-state index in [1.54, 1.807) is 0 Å². The monoisotopic (exact) mass is 223 g/mol. The van der Waals surface area contributed by atoms with Crippen molar-refractivity contribution in [3.05, 3.63) is 35.4 Å². The first-order chi connectivity index (χ1) is 7.22. The fourth-order valence-electron chi connectivity index (χ4n) is 1.86. The number of carbonyl (C=O) groups is 1. The Kier molecular flexibility index (Phi) is 2.96. The van der Waals surface area contributed by atoms with Crippen molar-refractivity contribution in [2.24, 2.45) is 0 Å². The van der Waals surface area contributed by atoms with E-state index in [-0.39, 0.29) is 11.3 Å². The number of rotatable bonds is 2. The van der Waals surface area contributed by atoms with Crippen molar-refractivity contribution in [1.82, 2.24) is 4.90 Å². The molecule has 1 aliphatic rings. The molecule has 80 valence electrons. The molecule has 0 fully saturated rings. The van der Waals surface area contributed by atoms with Gasteiger partial charge in [0.15, 0.2) is 0 Å². The Labute approximate surface area is 94.8 Å². The summed E-state index contributed by atoms with van der Waals surface area (Å²) in [4.78, 5) is 13.7. The smallest absolute Gasteiger partial charge is 0.241 e. The Morgan fingerprint density at radius 1 is 1.40 bits per heavy atom. The first-order valence-corrected chi connectivity index (χ1v) is 5.65. The molecule has 2 rings (SSSR count). The van der Waals surface area contributed by atoms with E-state index in [1.807, 2.05) is 24.0 Å². The molecule has 0 saturated carbocycles. The molecular formula is C12H14ClNO. The lowest BCUT2D eigenvalue weighted by atomic mass is 10.1. The van der Waals surface area contributed by atoms with Crippen LogP contribution in [0.2, 0.25) is 0 Å². The summed E-state index contributed by atoms with van der Waals surface area (Å²) in [7, 11) is 0. The molecule has 1 amide bonds. The molecule has 0 bridgehead atoms. The molecule has 2 nitrogen and oxygen atoms in total. The standard InChI is InChI=1S/C12H14ClNO/c1-2-11(13)12(15)14-7-9-5-3-4-6-10(9)8-14/h3-6,11H,2,7-8H2,1H3/t11-/m1/s1. The number of hydrogen-bond acceptors (Lipinski definition) is 1. The predicted molar refractivity (Wildman–Crippen MR) is 60.6 cm³/mol. The zero-order chi connectivity index (χ0) is 10.8. The normalized spacial score (nSPS) is 16.3. The molecule has 0 spiro atoms. The van der Waals surface area contributed by atoms with Crippen molar-refractivity contribution >= 4 is 17.5 Å². The second-order valence-corrected chi connectivity index (χ2v) is 4.37. The molecule has 15 heavy (non-hydrogen) atoms. The van der Waals surface area contributed by atoms with Crippen LogP contribution in [-0.4, -0.2) is 16.2 Å². The zero-order valence-corrected chi connectivity index (χ0v) is 9.50. The lowest BCUT2D eigenvalue weighted by Gasteiger charge is -2.17. The van der Waals surface area contributed by atoms with Crippen molar-refractivity contribution in [2.75, 3.05) is 0 Å². The minimum Gasteiger partial charge on any atom is -0.333 e. The topological polar surface area (TPSA) is 20.3 Å². The van der Waals surface area contributed by atoms with Crippen LogP contribution in [-0.2, 0) is 17.9 Å². The quantitative estimate of drug-likeness (QED) is 0.706. The molecule has 1 aliphatic heterocycles. The highest BCUT2D eigenvalue weighted by molar-refractivity contribution is 6.30. The Bertz CT molecular complexity index is 353. The van der Waals surface area contributed by atoms with Crippen LogP contribution >= 0.6 is 11.6 Å². The summed E-state index contributed by atoms with van der Waals surface area (Å²) in [6.45, 7) is 3.34. The molecule has 1 aromatic rings. The van der Waals surface area contributed by atoms with E-state index in [2.05, 4.69) is 12.1 Å². The molecule has 1 heterocycles. The van der Waals surface area contributed by atoms with Gasteiger partial charge in [-0.25, -0.2) is 0 Å². The number of fused-ring (bicyclic) bond motifs is 1. The Morgan fingerprint density at radius 2 is 1.93 bits per heavy atom. The van der Waals surface area contributed by atoms with Crippen molar-refractivity contribution in [3.8, 4) is 0 Å². The lowest BCUT2D eigenvalue weighted by molar-refractivity contribution is -0.131. The fourth-order valence-corrected chi connectivity index (χ4v) is 2.00. The summed E-state index contributed by atoms with van der Waals surface area (Å²) in [6.07, 6.45) is 0.688. The number of nitrogens with zero attached hydrogens (tertiary/aromatic N) is 1. The van der Waals surface area contributed by atoms with E-state index < -0.39 is 0 Å². The lowest BCUT2D eigenvalue weighted by Crippen LogP contribution is -2.32. The predicted octanol–water partition coefficient (Wildman–Crippen LogP) is 2.55. The molecule has 1 atom stereocenters. The van der Waals surface area contributed by atoms with Crippen molar-refractivity contribution < 1.29 is 4.79 Å². The highest BCUT2D eigenvalue weighted by atomic mass is 35.5. The van der Waals surface area contributed by atoms with Gasteiger partial charge in [0.2, 0.25) is 5.91 Å². The van der Waals surface area contributed by atoms with Crippen LogP contribution in [0.25, 0.3) is 0 Å². The van der Waals surface area contributed by atoms with E-state index in [1.165, 1.54) is 11.1 Å². The minimum absolute atomic E-state index is 0.0513. The van der Waals surface area contributed by atoms with Gasteiger partial charge in [0.25, 0.3) is 0 Å². The SMILES string of the molecule is CC[C@@H](Cl)C(=O)N1Cc2ccccc2C1. The third-order valence-electron chi connectivity index (χ3n) is 2.78. The van der Waals surface area contributed by atoms with E-state index >= 15 is 0 Å². The summed E-state index contributed by atoms with van der Waals surface area (Å²) in [5.74, 6) is 0.0513. The van der Waals surface area contributed by atoms with Gasteiger partial charge in [0.1, 0.15) is 5.38 Å². The first kappa shape index (κ1) is 10.5. The third-order valence-corrected chi connectivity index (χ3v) is 3.27. The van der Waals surface area contributed by atoms with E-state index in [9.17, 15) is 4.79 Å². The first-order valence-electron chi connectivity index (χ1n) is 5.22. The Balaban J connectivity index is 2.10. The fraction of sp³-hybridized carbons (Fsp3) is 0.417. The number of hydrogen-bond donors (Lipinski definition) is 0. The zero-order valence-electron chi connectivity index (χ0n) is 8.74. The van der Waals surface area contributed by atoms with E-state index in [0.29, 0.717) is 19.5 Å². The summed E-state index contributed by atoms with van der Waals surface area (Å²) < 4.78 is 0. The number of amides is 1. The summed E-state index contributed by atoms with van der Waals surface area (Å²) in [6, 6.07) is 8.14. The van der Waals surface area contributed by atoms with Gasteiger partial charge in [-0.15, -0.1) is 11.6 Å². The summed E-state index contributed by atoms with van der Waals surface area (Å²) >= 11 is 5.95. The molecule has 3 heteroatoms. The number of carbonyl (C=O) groups excluding carboxylic acids is 1. The average Bonchev–Trinajstić information content (AvgIpc) is 2.70. The van der Waals surface area contributed by atoms with Crippen LogP contribution in [0, 0.1) is 0 Å². The van der Waals surface area contributed by atoms with Crippen molar-refractivity contribution in [3.63, 3.8) is 0 Å². The number of alkyl halides is 1. The van der Waals surface area contributed by atoms with Crippen molar-refractivity contribution in [2.45, 2.75) is 31.8 Å². The third kappa shape index (κ3) is 2.00. The summed E-state index contributed by atoms with van der Waals surface area (Å²) in [5, 5.41) is -0.376. The molecule has 0 saturated heterocycles. The molecule has 0 aliphatic carbocycles. The molecule has 0 N–H and O–H groups in total. The summed E-state index contributed by atoms with van der Waals surface area (Å²) in [5.41, 5.74) is 2.48. The molecule has 0 aromatic heterocycles. The molecular weight excluding hydrogens is 210 g/mol. The highest BCUT2D eigenvalue weighted by Crippen LogP contribution is 2.23. The van der Waals surface area contributed by atoms with Crippen LogP contribution < -0.4 is 0 Å². The second kappa shape index (κ2) is 4.23. The maximum Gasteiger partial charge on any atom is 0.241 e. The largest absolute Gasteiger partial charge is 0.333 e. The van der Waals surface area contributed by atoms with E-state index in [0.717, 1.165) is 0 Å². The highest BCUT2D eigenvalue weighted by Gasteiger charge is 2.26. The maximum atomic E-state index is 11.8.